The Balaban J connectivity index is 1.61. The Bertz CT molecular complexity index is 829. The molecule has 0 radical (unpaired) electrons. The third-order valence-corrected chi connectivity index (χ3v) is 4.34. The molecule has 0 bridgehead atoms. The Morgan fingerprint density at radius 2 is 1.70 bits per heavy atom. The fourth-order valence-electron chi connectivity index (χ4n) is 2.85. The van der Waals surface area contributed by atoms with Crippen LogP contribution in [0.3, 0.4) is 0 Å². The van der Waals surface area contributed by atoms with Crippen molar-refractivity contribution in [2.75, 3.05) is 31.1 Å². The van der Waals surface area contributed by atoms with Crippen molar-refractivity contribution < 1.29 is 22.4 Å². The maximum atomic E-state index is 13.3. The van der Waals surface area contributed by atoms with Crippen LogP contribution in [0.15, 0.2) is 55.0 Å². The van der Waals surface area contributed by atoms with E-state index in [4.69, 9.17) is 0 Å². The number of carbonyl (C=O) groups excluding carboxylic acids is 1. The van der Waals surface area contributed by atoms with Crippen LogP contribution >= 0.6 is 0 Å². The molecule has 0 atom stereocenters. The fraction of sp³-hybridized carbons (Fsp3) is 0.263. The largest absolute Gasteiger partial charge is 0.419 e. The highest BCUT2D eigenvalue weighted by molar-refractivity contribution is 6.04. The third-order valence-electron chi connectivity index (χ3n) is 4.34. The molecular weight excluding hydrogens is 362 g/mol. The summed E-state index contributed by atoms with van der Waals surface area (Å²) < 4.78 is 51.6. The quantitative estimate of drug-likeness (QED) is 0.461. The molecular formula is C19H17F4N3O. The monoisotopic (exact) mass is 379 g/mol. The van der Waals surface area contributed by atoms with Crippen molar-refractivity contribution in [2.24, 2.45) is 0 Å². The van der Waals surface area contributed by atoms with Crippen molar-refractivity contribution in [1.82, 2.24) is 9.88 Å². The van der Waals surface area contributed by atoms with E-state index in [1.807, 2.05) is 17.0 Å². The number of hydrogen-bond donors (Lipinski definition) is 0. The number of hydrogen-bond acceptors (Lipinski definition) is 4. The van der Waals surface area contributed by atoms with Crippen molar-refractivity contribution in [2.45, 2.75) is 6.18 Å². The van der Waals surface area contributed by atoms with E-state index in [0.717, 1.165) is 24.8 Å². The molecule has 8 heteroatoms. The van der Waals surface area contributed by atoms with Gasteiger partial charge in [0.1, 0.15) is 5.82 Å². The molecule has 142 valence electrons. The predicted octanol–water partition coefficient (Wildman–Crippen LogP) is 3.76. The molecule has 0 aliphatic carbocycles. The van der Waals surface area contributed by atoms with Gasteiger partial charge in [0, 0.05) is 62.1 Å². The van der Waals surface area contributed by atoms with Gasteiger partial charge in [-0.1, -0.05) is 0 Å². The lowest BCUT2D eigenvalue weighted by Gasteiger charge is -2.35. The molecule has 1 fully saturated rings. The van der Waals surface area contributed by atoms with Gasteiger partial charge in [0.05, 0.1) is 5.56 Å². The summed E-state index contributed by atoms with van der Waals surface area (Å²) in [5, 5.41) is 0. The van der Waals surface area contributed by atoms with Crippen molar-refractivity contribution in [3.63, 3.8) is 0 Å². The van der Waals surface area contributed by atoms with Crippen molar-refractivity contribution >= 4 is 11.5 Å². The second kappa shape index (κ2) is 7.77. The molecule has 0 unspecified atom stereocenters. The highest BCUT2D eigenvalue weighted by Gasteiger charge is 2.34. The topological polar surface area (TPSA) is 36.4 Å². The number of halogens is 4. The van der Waals surface area contributed by atoms with Crippen LogP contribution < -0.4 is 4.90 Å². The number of anilines is 1. The number of carbonyl (C=O) groups is 1. The molecule has 27 heavy (non-hydrogen) atoms. The Labute approximate surface area is 153 Å². The number of piperazine rings is 1. The number of allylic oxidation sites excluding steroid dienone is 1. The van der Waals surface area contributed by atoms with Gasteiger partial charge in [0.15, 0.2) is 5.78 Å². The van der Waals surface area contributed by atoms with Crippen LogP contribution in [0.1, 0.15) is 15.9 Å². The lowest BCUT2D eigenvalue weighted by molar-refractivity contribution is -0.140. The number of ketones is 1. The molecule has 2 aromatic rings. The normalized spacial score (nSPS) is 15.4. The van der Waals surface area contributed by atoms with E-state index in [-0.39, 0.29) is 5.56 Å². The maximum absolute atomic E-state index is 13.3. The van der Waals surface area contributed by atoms with Gasteiger partial charge in [0.25, 0.3) is 0 Å². The van der Waals surface area contributed by atoms with Crippen LogP contribution in [0.25, 0.3) is 0 Å². The van der Waals surface area contributed by atoms with Gasteiger partial charge in [-0.15, -0.1) is 0 Å². The summed E-state index contributed by atoms with van der Waals surface area (Å²) >= 11 is 0. The second-order valence-electron chi connectivity index (χ2n) is 6.10. The Morgan fingerprint density at radius 1 is 1.04 bits per heavy atom. The third kappa shape index (κ3) is 4.64. The zero-order valence-corrected chi connectivity index (χ0v) is 14.3. The summed E-state index contributed by atoms with van der Waals surface area (Å²) in [6.45, 7) is 2.83. The minimum absolute atomic E-state index is 0.199. The van der Waals surface area contributed by atoms with Crippen LogP contribution in [0.2, 0.25) is 0 Å². The van der Waals surface area contributed by atoms with E-state index in [1.165, 1.54) is 6.08 Å². The number of pyridine rings is 1. The first kappa shape index (κ1) is 18.9. The highest BCUT2D eigenvalue weighted by atomic mass is 19.4. The van der Waals surface area contributed by atoms with Crippen LogP contribution in [-0.4, -0.2) is 41.8 Å². The minimum atomic E-state index is -4.84. The van der Waals surface area contributed by atoms with E-state index < -0.39 is 23.3 Å². The van der Waals surface area contributed by atoms with Crippen LogP contribution in [-0.2, 0) is 6.18 Å². The second-order valence-corrected chi connectivity index (χ2v) is 6.10. The molecule has 3 rings (SSSR count). The van der Waals surface area contributed by atoms with Gasteiger partial charge in [-0.25, -0.2) is 4.39 Å². The first-order valence-corrected chi connectivity index (χ1v) is 8.33. The summed E-state index contributed by atoms with van der Waals surface area (Å²) in [7, 11) is 0. The number of aromatic nitrogens is 1. The molecule has 2 heterocycles. The molecule has 1 aliphatic heterocycles. The Morgan fingerprint density at radius 3 is 2.33 bits per heavy atom. The summed E-state index contributed by atoms with van der Waals surface area (Å²) in [5.41, 5.74) is -0.571. The van der Waals surface area contributed by atoms with E-state index in [2.05, 4.69) is 9.88 Å². The average Bonchev–Trinajstić information content (AvgIpc) is 2.66. The van der Waals surface area contributed by atoms with Crippen molar-refractivity contribution in [3.8, 4) is 0 Å². The fourth-order valence-corrected chi connectivity index (χ4v) is 2.85. The molecule has 0 N–H and O–H groups in total. The van der Waals surface area contributed by atoms with Crippen molar-refractivity contribution in [1.29, 1.82) is 0 Å². The Hall–Kier alpha value is -2.90. The molecule has 1 saturated heterocycles. The van der Waals surface area contributed by atoms with E-state index >= 15 is 0 Å². The van der Waals surface area contributed by atoms with Gasteiger partial charge in [0.2, 0.25) is 0 Å². The number of benzene rings is 1. The van der Waals surface area contributed by atoms with Gasteiger partial charge in [-0.05, 0) is 30.3 Å². The molecule has 1 aliphatic rings. The first-order chi connectivity index (χ1) is 12.8. The number of alkyl halides is 3. The van der Waals surface area contributed by atoms with Gasteiger partial charge in [-0.3, -0.25) is 9.78 Å². The standard InChI is InChI=1S/C19H17F4N3O/c20-17-2-1-14(13-16(17)19(21,22)23)18(27)5-8-25-9-11-26(12-10-25)15-3-6-24-7-4-15/h1-8,13H,9-12H2. The van der Waals surface area contributed by atoms with Crippen molar-refractivity contribution in [3.05, 3.63) is 71.9 Å². The molecule has 0 saturated carbocycles. The molecule has 0 spiro atoms. The van der Waals surface area contributed by atoms with E-state index in [0.29, 0.717) is 25.2 Å². The molecule has 1 aromatic heterocycles. The first-order valence-electron chi connectivity index (χ1n) is 8.33. The Kier molecular flexibility index (Phi) is 5.43. The van der Waals surface area contributed by atoms with Gasteiger partial charge >= 0.3 is 6.18 Å². The van der Waals surface area contributed by atoms with Crippen LogP contribution in [0.4, 0.5) is 23.2 Å². The molecule has 1 aromatic carbocycles. The zero-order chi connectivity index (χ0) is 19.4. The highest BCUT2D eigenvalue weighted by Crippen LogP contribution is 2.32. The van der Waals surface area contributed by atoms with Crippen LogP contribution in [0, 0.1) is 5.82 Å². The number of nitrogens with zero attached hydrogens (tertiary/aromatic N) is 3. The van der Waals surface area contributed by atoms with E-state index in [1.54, 1.807) is 18.6 Å². The minimum Gasteiger partial charge on any atom is -0.374 e. The zero-order valence-electron chi connectivity index (χ0n) is 14.3. The number of rotatable bonds is 4. The molecule has 4 nitrogen and oxygen atoms in total. The smallest absolute Gasteiger partial charge is 0.374 e. The summed E-state index contributed by atoms with van der Waals surface area (Å²) in [4.78, 5) is 20.2. The van der Waals surface area contributed by atoms with Gasteiger partial charge in [-0.2, -0.15) is 13.2 Å². The summed E-state index contributed by atoms with van der Waals surface area (Å²) in [6, 6.07) is 6.10. The SMILES string of the molecule is O=C(C=CN1CCN(c2ccncc2)CC1)c1ccc(F)c(C(F)(F)F)c1. The van der Waals surface area contributed by atoms with Gasteiger partial charge < -0.3 is 9.80 Å². The predicted molar refractivity (Wildman–Crippen MR) is 92.9 cm³/mol. The summed E-state index contributed by atoms with van der Waals surface area (Å²) in [5.74, 6) is -1.99. The average molecular weight is 379 g/mol. The summed E-state index contributed by atoms with van der Waals surface area (Å²) in [6.07, 6.45) is 1.39. The molecule has 0 amide bonds. The maximum Gasteiger partial charge on any atom is 0.419 e. The van der Waals surface area contributed by atoms with E-state index in [9.17, 15) is 22.4 Å². The lowest BCUT2D eigenvalue weighted by Crippen LogP contribution is -2.44. The van der Waals surface area contributed by atoms with Crippen LogP contribution in [0.5, 0.6) is 0 Å². The lowest BCUT2D eigenvalue weighted by atomic mass is 10.1.